The summed E-state index contributed by atoms with van der Waals surface area (Å²) >= 11 is 0. The fourth-order valence-corrected chi connectivity index (χ4v) is 3.70. The van der Waals surface area contributed by atoms with Crippen LogP contribution in [0.4, 0.5) is 0 Å². The molecule has 4 nitrogen and oxygen atoms in total. The van der Waals surface area contributed by atoms with Gasteiger partial charge >= 0.3 is 0 Å². The largest absolute Gasteiger partial charge is 0.353 e. The third-order valence-electron chi connectivity index (χ3n) is 5.39. The zero-order valence-electron chi connectivity index (χ0n) is 13.1. The average Bonchev–Trinajstić information content (AvgIpc) is 3.34. The molecule has 118 valence electrons. The summed E-state index contributed by atoms with van der Waals surface area (Å²) < 4.78 is 0. The molecular formula is C17H28N2O2. The van der Waals surface area contributed by atoms with Crippen molar-refractivity contribution in [1.29, 1.82) is 0 Å². The maximum atomic E-state index is 12.5. The minimum atomic E-state index is 0.0146. The van der Waals surface area contributed by atoms with E-state index < -0.39 is 0 Å². The molecule has 1 N–H and O–H groups in total. The van der Waals surface area contributed by atoms with Crippen molar-refractivity contribution < 1.29 is 9.59 Å². The predicted octanol–water partition coefficient (Wildman–Crippen LogP) is 2.33. The van der Waals surface area contributed by atoms with Crippen molar-refractivity contribution in [3.8, 4) is 0 Å². The van der Waals surface area contributed by atoms with Gasteiger partial charge in [0.05, 0.1) is 5.92 Å². The van der Waals surface area contributed by atoms with E-state index >= 15 is 0 Å². The monoisotopic (exact) mass is 292 g/mol. The van der Waals surface area contributed by atoms with Crippen molar-refractivity contribution in [3.05, 3.63) is 0 Å². The van der Waals surface area contributed by atoms with Gasteiger partial charge < -0.3 is 10.2 Å². The molecule has 0 radical (unpaired) electrons. The van der Waals surface area contributed by atoms with Crippen molar-refractivity contribution in [3.63, 3.8) is 0 Å². The van der Waals surface area contributed by atoms with Gasteiger partial charge in [-0.1, -0.05) is 6.92 Å². The molecular weight excluding hydrogens is 264 g/mol. The Morgan fingerprint density at radius 1 is 0.952 bits per heavy atom. The molecule has 2 aliphatic carbocycles. The zero-order valence-corrected chi connectivity index (χ0v) is 13.1. The van der Waals surface area contributed by atoms with Crippen LogP contribution in [-0.4, -0.2) is 35.8 Å². The Kier molecular flexibility index (Phi) is 4.51. The Morgan fingerprint density at radius 3 is 2.33 bits per heavy atom. The van der Waals surface area contributed by atoms with Gasteiger partial charge in [0.15, 0.2) is 0 Å². The van der Waals surface area contributed by atoms with Crippen molar-refractivity contribution in [2.75, 3.05) is 13.1 Å². The van der Waals surface area contributed by atoms with E-state index in [0.717, 1.165) is 51.0 Å². The van der Waals surface area contributed by atoms with Crippen LogP contribution < -0.4 is 5.32 Å². The lowest BCUT2D eigenvalue weighted by Gasteiger charge is -2.34. The summed E-state index contributed by atoms with van der Waals surface area (Å²) in [5.41, 5.74) is 0. The summed E-state index contributed by atoms with van der Waals surface area (Å²) in [5.74, 6) is 1.56. The van der Waals surface area contributed by atoms with Crippen molar-refractivity contribution in [1.82, 2.24) is 10.2 Å². The quantitative estimate of drug-likeness (QED) is 0.868. The molecule has 3 rings (SSSR count). The van der Waals surface area contributed by atoms with Crippen LogP contribution in [0, 0.1) is 17.8 Å². The van der Waals surface area contributed by atoms with Crippen molar-refractivity contribution >= 4 is 11.8 Å². The van der Waals surface area contributed by atoms with Crippen molar-refractivity contribution in [2.24, 2.45) is 17.8 Å². The van der Waals surface area contributed by atoms with E-state index in [-0.39, 0.29) is 17.7 Å². The average molecular weight is 292 g/mol. The maximum Gasteiger partial charge on any atom is 0.225 e. The molecule has 3 aliphatic rings. The molecule has 1 saturated heterocycles. The third-order valence-corrected chi connectivity index (χ3v) is 5.39. The van der Waals surface area contributed by atoms with Crippen LogP contribution >= 0.6 is 0 Å². The normalized spacial score (nSPS) is 33.6. The standard InChI is InChI=1S/C17H28N2O2/c1-12-4-8-15(9-5-12)18-16(20)14-3-2-10-19(11-14)17(21)13-6-7-13/h12-15H,2-11H2,1H3,(H,18,20). The second-order valence-electron chi connectivity index (χ2n) is 7.36. The van der Waals surface area contributed by atoms with Gasteiger partial charge in [0.25, 0.3) is 0 Å². The molecule has 0 bridgehead atoms. The molecule has 1 aliphatic heterocycles. The van der Waals surface area contributed by atoms with E-state index in [0.29, 0.717) is 18.5 Å². The number of carbonyl (C=O) groups is 2. The van der Waals surface area contributed by atoms with Gasteiger partial charge in [-0.25, -0.2) is 0 Å². The first-order valence-corrected chi connectivity index (χ1v) is 8.72. The second-order valence-corrected chi connectivity index (χ2v) is 7.36. The lowest BCUT2D eigenvalue weighted by Crippen LogP contribution is -2.48. The number of amides is 2. The van der Waals surface area contributed by atoms with Crippen LogP contribution in [0.2, 0.25) is 0 Å². The van der Waals surface area contributed by atoms with E-state index in [9.17, 15) is 9.59 Å². The Morgan fingerprint density at radius 2 is 1.67 bits per heavy atom. The van der Waals surface area contributed by atoms with Gasteiger partial charge in [-0.2, -0.15) is 0 Å². The number of rotatable bonds is 3. The van der Waals surface area contributed by atoms with E-state index in [1.165, 1.54) is 12.8 Å². The molecule has 4 heteroatoms. The number of likely N-dealkylation sites (tertiary alicyclic amines) is 1. The number of nitrogens with zero attached hydrogens (tertiary/aromatic N) is 1. The molecule has 0 aromatic rings. The van der Waals surface area contributed by atoms with Crippen LogP contribution in [-0.2, 0) is 9.59 Å². The summed E-state index contributed by atoms with van der Waals surface area (Å²) in [6.07, 6.45) is 8.68. The molecule has 1 atom stereocenters. The number of carbonyl (C=O) groups excluding carboxylic acids is 2. The first kappa shape index (κ1) is 14.9. The van der Waals surface area contributed by atoms with Crippen LogP contribution in [0.15, 0.2) is 0 Å². The molecule has 0 aromatic heterocycles. The summed E-state index contributed by atoms with van der Waals surface area (Å²) in [5, 5.41) is 3.24. The highest BCUT2D eigenvalue weighted by atomic mass is 16.2. The first-order chi connectivity index (χ1) is 10.1. The van der Waals surface area contributed by atoms with E-state index in [4.69, 9.17) is 0 Å². The highest BCUT2D eigenvalue weighted by Crippen LogP contribution is 2.32. The van der Waals surface area contributed by atoms with Crippen LogP contribution in [0.1, 0.15) is 58.3 Å². The third kappa shape index (κ3) is 3.78. The first-order valence-electron chi connectivity index (χ1n) is 8.72. The molecule has 0 spiro atoms. The molecule has 1 heterocycles. The Bertz CT molecular complexity index is 398. The molecule has 0 aromatic carbocycles. The number of hydrogen-bond donors (Lipinski definition) is 1. The Balaban J connectivity index is 1.48. The van der Waals surface area contributed by atoms with Crippen LogP contribution in [0.5, 0.6) is 0 Å². The van der Waals surface area contributed by atoms with Gasteiger partial charge in [-0.15, -0.1) is 0 Å². The minimum absolute atomic E-state index is 0.0146. The zero-order chi connectivity index (χ0) is 14.8. The van der Waals surface area contributed by atoms with Gasteiger partial charge in [0.2, 0.25) is 11.8 Å². The molecule has 1 unspecified atom stereocenters. The molecule has 3 fully saturated rings. The highest BCUT2D eigenvalue weighted by molar-refractivity contribution is 5.83. The minimum Gasteiger partial charge on any atom is -0.353 e. The summed E-state index contributed by atoms with van der Waals surface area (Å²) in [6.45, 7) is 3.78. The predicted molar refractivity (Wildman–Crippen MR) is 81.6 cm³/mol. The fraction of sp³-hybridized carbons (Fsp3) is 0.882. The van der Waals surface area contributed by atoms with E-state index in [1.807, 2.05) is 4.90 Å². The number of piperidine rings is 1. The van der Waals surface area contributed by atoms with Crippen LogP contribution in [0.3, 0.4) is 0 Å². The smallest absolute Gasteiger partial charge is 0.225 e. The summed E-state index contributed by atoms with van der Waals surface area (Å²) in [7, 11) is 0. The lowest BCUT2D eigenvalue weighted by atomic mass is 9.87. The molecule has 2 amide bonds. The van der Waals surface area contributed by atoms with E-state index in [1.54, 1.807) is 0 Å². The van der Waals surface area contributed by atoms with Crippen LogP contribution in [0.25, 0.3) is 0 Å². The number of hydrogen-bond acceptors (Lipinski definition) is 2. The van der Waals surface area contributed by atoms with E-state index in [2.05, 4.69) is 12.2 Å². The summed E-state index contributed by atoms with van der Waals surface area (Å²) in [4.78, 5) is 26.5. The Labute approximate surface area is 127 Å². The fourth-order valence-electron chi connectivity index (χ4n) is 3.70. The molecule has 21 heavy (non-hydrogen) atoms. The lowest BCUT2D eigenvalue weighted by molar-refractivity contribution is -0.137. The summed E-state index contributed by atoms with van der Waals surface area (Å²) in [6, 6.07) is 0.364. The van der Waals surface area contributed by atoms with Gasteiger partial charge in [0.1, 0.15) is 0 Å². The van der Waals surface area contributed by atoms with Crippen molar-refractivity contribution in [2.45, 2.75) is 64.3 Å². The topological polar surface area (TPSA) is 49.4 Å². The number of nitrogens with one attached hydrogen (secondary N) is 1. The SMILES string of the molecule is CC1CCC(NC(=O)C2CCCN(C(=O)C3CC3)C2)CC1. The Hall–Kier alpha value is -1.06. The van der Waals surface area contributed by atoms with Gasteiger partial charge in [-0.3, -0.25) is 9.59 Å². The van der Waals surface area contributed by atoms with Gasteiger partial charge in [0, 0.05) is 25.0 Å². The van der Waals surface area contributed by atoms with Gasteiger partial charge in [-0.05, 0) is 57.3 Å². The molecule has 2 saturated carbocycles. The highest BCUT2D eigenvalue weighted by Gasteiger charge is 2.37. The maximum absolute atomic E-state index is 12.5. The second kappa shape index (κ2) is 6.37.